The maximum Gasteiger partial charge on any atom is 0.110 e. The molecule has 1 aromatic carbocycles. The van der Waals surface area contributed by atoms with E-state index in [-0.39, 0.29) is 6.04 Å². The molecule has 5 heteroatoms. The maximum atomic E-state index is 6.22. The van der Waals surface area contributed by atoms with Crippen molar-refractivity contribution in [3.63, 3.8) is 0 Å². The number of aryl methyl sites for hydroxylation is 1. The third-order valence-electron chi connectivity index (χ3n) is 3.04. The highest BCUT2D eigenvalue weighted by Crippen LogP contribution is 2.26. The Hall–Kier alpha value is -1.03. The lowest BCUT2D eigenvalue weighted by Crippen LogP contribution is -2.16. The molecule has 0 saturated carbocycles. The Balaban J connectivity index is 2.13. The van der Waals surface area contributed by atoms with Crippen molar-refractivity contribution in [2.75, 3.05) is 0 Å². The van der Waals surface area contributed by atoms with Crippen LogP contribution in [0.15, 0.2) is 30.6 Å². The van der Waals surface area contributed by atoms with Gasteiger partial charge in [-0.2, -0.15) is 0 Å². The molecule has 0 amide bonds. The molecule has 1 atom stereocenters. The molecular formula is C14H17Cl2N3. The molecule has 3 nitrogen and oxygen atoms in total. The molecule has 2 rings (SSSR count). The van der Waals surface area contributed by atoms with E-state index < -0.39 is 0 Å². The zero-order valence-corrected chi connectivity index (χ0v) is 12.3. The van der Waals surface area contributed by atoms with E-state index in [0.29, 0.717) is 16.5 Å². The van der Waals surface area contributed by atoms with Gasteiger partial charge in [-0.25, -0.2) is 4.98 Å². The molecule has 102 valence electrons. The van der Waals surface area contributed by atoms with Crippen LogP contribution in [0.1, 0.15) is 30.8 Å². The van der Waals surface area contributed by atoms with Crippen molar-refractivity contribution in [3.8, 4) is 0 Å². The predicted molar refractivity (Wildman–Crippen MR) is 79.6 cm³/mol. The third-order valence-corrected chi connectivity index (χ3v) is 3.78. The van der Waals surface area contributed by atoms with Crippen molar-refractivity contribution < 1.29 is 0 Å². The van der Waals surface area contributed by atoms with Gasteiger partial charge in [-0.3, -0.25) is 0 Å². The number of nitrogens with zero attached hydrogens (tertiary/aromatic N) is 2. The first-order chi connectivity index (χ1) is 9.11. The van der Waals surface area contributed by atoms with Crippen molar-refractivity contribution in [2.45, 2.75) is 32.4 Å². The van der Waals surface area contributed by atoms with E-state index >= 15 is 0 Å². The van der Waals surface area contributed by atoms with E-state index in [0.717, 1.165) is 24.4 Å². The molecule has 0 aliphatic heterocycles. The summed E-state index contributed by atoms with van der Waals surface area (Å²) < 4.78 is 2.14. The van der Waals surface area contributed by atoms with E-state index in [1.54, 1.807) is 6.07 Å². The van der Waals surface area contributed by atoms with Crippen molar-refractivity contribution in [1.82, 2.24) is 9.55 Å². The molecule has 0 spiro atoms. The smallest absolute Gasteiger partial charge is 0.110 e. The fourth-order valence-electron chi connectivity index (χ4n) is 2.03. The summed E-state index contributed by atoms with van der Waals surface area (Å²) >= 11 is 11.9. The highest BCUT2D eigenvalue weighted by molar-refractivity contribution is 6.42. The van der Waals surface area contributed by atoms with Gasteiger partial charge in [0.2, 0.25) is 0 Å². The number of imidazole rings is 1. The van der Waals surface area contributed by atoms with Crippen molar-refractivity contribution in [1.29, 1.82) is 0 Å². The summed E-state index contributed by atoms with van der Waals surface area (Å²) in [5, 5.41) is 1.08. The summed E-state index contributed by atoms with van der Waals surface area (Å²) in [4.78, 5) is 4.36. The minimum atomic E-state index is -0.132. The Morgan fingerprint density at radius 3 is 2.79 bits per heavy atom. The second-order valence-corrected chi connectivity index (χ2v) is 5.34. The number of nitrogens with two attached hydrogens (primary N) is 1. The molecule has 1 heterocycles. The Bertz CT molecular complexity index is 551. The standard InChI is InChI=1S/C14H17Cl2N3/c1-2-6-19-7-5-18-14(19)9-13(17)10-3-4-11(15)12(16)8-10/h3-5,7-8,13H,2,6,9,17H2,1H3. The summed E-state index contributed by atoms with van der Waals surface area (Å²) in [7, 11) is 0. The normalized spacial score (nSPS) is 12.6. The average molecular weight is 298 g/mol. The molecule has 0 aliphatic rings. The maximum absolute atomic E-state index is 6.22. The molecule has 1 unspecified atom stereocenters. The van der Waals surface area contributed by atoms with Crippen LogP contribution in [-0.2, 0) is 13.0 Å². The van der Waals surface area contributed by atoms with Gasteiger partial charge in [0.15, 0.2) is 0 Å². The van der Waals surface area contributed by atoms with Crippen LogP contribution in [0.25, 0.3) is 0 Å². The first-order valence-corrected chi connectivity index (χ1v) is 7.08. The molecule has 1 aromatic heterocycles. The van der Waals surface area contributed by atoms with E-state index in [9.17, 15) is 0 Å². The zero-order valence-electron chi connectivity index (χ0n) is 10.8. The molecule has 2 N–H and O–H groups in total. The number of hydrogen-bond acceptors (Lipinski definition) is 2. The summed E-state index contributed by atoms with van der Waals surface area (Å²) in [5.74, 6) is 1.00. The van der Waals surface area contributed by atoms with Gasteiger partial charge in [0.1, 0.15) is 5.82 Å². The molecule has 0 aliphatic carbocycles. The van der Waals surface area contributed by atoms with Gasteiger partial charge >= 0.3 is 0 Å². The molecule has 0 radical (unpaired) electrons. The minimum absolute atomic E-state index is 0.132. The van der Waals surface area contributed by atoms with Gasteiger partial charge in [0, 0.05) is 31.4 Å². The van der Waals surface area contributed by atoms with Crippen LogP contribution in [0.3, 0.4) is 0 Å². The fraction of sp³-hybridized carbons (Fsp3) is 0.357. The highest BCUT2D eigenvalue weighted by atomic mass is 35.5. The van der Waals surface area contributed by atoms with Crippen LogP contribution in [0.5, 0.6) is 0 Å². The molecule has 0 bridgehead atoms. The van der Waals surface area contributed by atoms with Gasteiger partial charge in [0.05, 0.1) is 10.0 Å². The number of aromatic nitrogens is 2. The molecular weight excluding hydrogens is 281 g/mol. The lowest BCUT2D eigenvalue weighted by atomic mass is 10.0. The average Bonchev–Trinajstić information content (AvgIpc) is 2.80. The van der Waals surface area contributed by atoms with Crippen molar-refractivity contribution in [2.24, 2.45) is 5.73 Å². The number of rotatable bonds is 5. The molecule has 19 heavy (non-hydrogen) atoms. The summed E-state index contributed by atoms with van der Waals surface area (Å²) in [6, 6.07) is 5.37. The van der Waals surface area contributed by atoms with E-state index in [1.165, 1.54) is 0 Å². The topological polar surface area (TPSA) is 43.8 Å². The number of hydrogen-bond donors (Lipinski definition) is 1. The fourth-order valence-corrected chi connectivity index (χ4v) is 2.34. The van der Waals surface area contributed by atoms with Crippen LogP contribution in [-0.4, -0.2) is 9.55 Å². The van der Waals surface area contributed by atoms with E-state index in [2.05, 4.69) is 16.5 Å². The molecule has 0 fully saturated rings. The van der Waals surface area contributed by atoms with Gasteiger partial charge in [-0.1, -0.05) is 36.2 Å². The summed E-state index contributed by atoms with van der Waals surface area (Å²) in [5.41, 5.74) is 7.19. The Labute approximate surface area is 123 Å². The number of halogens is 2. The van der Waals surface area contributed by atoms with Crippen LogP contribution in [0, 0.1) is 0 Å². The van der Waals surface area contributed by atoms with Crippen LogP contribution >= 0.6 is 23.2 Å². The first-order valence-electron chi connectivity index (χ1n) is 6.32. The van der Waals surface area contributed by atoms with Gasteiger partial charge in [-0.15, -0.1) is 0 Å². The molecule has 2 aromatic rings. The summed E-state index contributed by atoms with van der Waals surface area (Å²) in [6.45, 7) is 3.10. The Morgan fingerprint density at radius 1 is 1.32 bits per heavy atom. The SMILES string of the molecule is CCCn1ccnc1CC(N)c1ccc(Cl)c(Cl)c1. The van der Waals surface area contributed by atoms with Gasteiger partial charge < -0.3 is 10.3 Å². The third kappa shape index (κ3) is 3.50. The van der Waals surface area contributed by atoms with Gasteiger partial charge in [-0.05, 0) is 24.1 Å². The van der Waals surface area contributed by atoms with Crippen LogP contribution < -0.4 is 5.73 Å². The number of benzene rings is 1. The Kier molecular flexibility index (Phi) is 4.86. The van der Waals surface area contributed by atoms with Gasteiger partial charge in [0.25, 0.3) is 0 Å². The van der Waals surface area contributed by atoms with E-state index in [4.69, 9.17) is 28.9 Å². The summed E-state index contributed by atoms with van der Waals surface area (Å²) in [6.07, 6.45) is 5.56. The zero-order chi connectivity index (χ0) is 13.8. The van der Waals surface area contributed by atoms with Crippen molar-refractivity contribution >= 4 is 23.2 Å². The lowest BCUT2D eigenvalue weighted by Gasteiger charge is -2.14. The van der Waals surface area contributed by atoms with Crippen LogP contribution in [0.2, 0.25) is 10.0 Å². The second kappa shape index (κ2) is 6.42. The predicted octanol–water partition coefficient (Wildman–Crippen LogP) is 3.84. The minimum Gasteiger partial charge on any atom is -0.335 e. The van der Waals surface area contributed by atoms with Crippen molar-refractivity contribution in [3.05, 3.63) is 52.0 Å². The second-order valence-electron chi connectivity index (χ2n) is 4.52. The van der Waals surface area contributed by atoms with E-state index in [1.807, 2.05) is 24.5 Å². The lowest BCUT2D eigenvalue weighted by molar-refractivity contribution is 0.599. The Morgan fingerprint density at radius 2 is 2.11 bits per heavy atom. The first kappa shape index (κ1) is 14.4. The highest BCUT2D eigenvalue weighted by Gasteiger charge is 2.12. The largest absolute Gasteiger partial charge is 0.335 e. The van der Waals surface area contributed by atoms with Crippen LogP contribution in [0.4, 0.5) is 0 Å². The monoisotopic (exact) mass is 297 g/mol. The molecule has 0 saturated heterocycles. The quantitative estimate of drug-likeness (QED) is 0.911.